The Morgan fingerprint density at radius 3 is 2.50 bits per heavy atom. The first-order valence-electron chi connectivity index (χ1n) is 5.28. The molecule has 0 unspecified atom stereocenters. The van der Waals surface area contributed by atoms with Gasteiger partial charge in [-0.3, -0.25) is 0 Å². The molecule has 1 aromatic carbocycles. The minimum atomic E-state index is -0.149. The third-order valence-electron chi connectivity index (χ3n) is 3.01. The normalized spacial score (nSPS) is 17.4. The first kappa shape index (κ1) is 10.1. The quantitative estimate of drug-likeness (QED) is 0.917. The van der Waals surface area contributed by atoms with E-state index in [1.807, 2.05) is 41.2 Å². The van der Waals surface area contributed by atoms with Gasteiger partial charge in [-0.2, -0.15) is 5.10 Å². The third-order valence-corrected chi connectivity index (χ3v) is 3.54. The van der Waals surface area contributed by atoms with Gasteiger partial charge in [0.1, 0.15) is 0 Å². The number of halogens is 1. The monoisotopic (exact) mass is 277 g/mol. The highest BCUT2D eigenvalue weighted by Gasteiger charge is 2.42. The van der Waals surface area contributed by atoms with Gasteiger partial charge in [-0.15, -0.1) is 0 Å². The second kappa shape index (κ2) is 3.43. The van der Waals surface area contributed by atoms with Crippen LogP contribution in [-0.4, -0.2) is 9.78 Å². The molecule has 4 heteroatoms. The number of hydrogen-bond donors (Lipinski definition) is 1. The number of benzene rings is 1. The predicted octanol–water partition coefficient (Wildman–Crippen LogP) is 2.58. The summed E-state index contributed by atoms with van der Waals surface area (Å²) in [6, 6.07) is 10.1. The number of nitrogens with zero attached hydrogens (tertiary/aromatic N) is 2. The van der Waals surface area contributed by atoms with Crippen LogP contribution in [-0.2, 0) is 5.54 Å². The summed E-state index contributed by atoms with van der Waals surface area (Å²) in [5.41, 5.74) is 8.22. The summed E-state index contributed by atoms with van der Waals surface area (Å²) in [7, 11) is 0. The van der Waals surface area contributed by atoms with E-state index in [-0.39, 0.29) is 5.54 Å². The highest BCUT2D eigenvalue weighted by molar-refractivity contribution is 9.10. The molecule has 2 N–H and O–H groups in total. The topological polar surface area (TPSA) is 43.8 Å². The molecule has 1 aromatic heterocycles. The van der Waals surface area contributed by atoms with E-state index in [1.165, 1.54) is 0 Å². The highest BCUT2D eigenvalue weighted by atomic mass is 79.9. The third kappa shape index (κ3) is 1.58. The fraction of sp³-hybridized carbons (Fsp3) is 0.250. The molecule has 1 heterocycles. The Hall–Kier alpha value is -1.13. The maximum absolute atomic E-state index is 6.21. The Balaban J connectivity index is 2.06. The lowest BCUT2D eigenvalue weighted by atomic mass is 10.2. The molecule has 0 amide bonds. The maximum atomic E-state index is 6.21. The van der Waals surface area contributed by atoms with Gasteiger partial charge < -0.3 is 5.73 Å². The molecule has 82 valence electrons. The number of aromatic nitrogens is 2. The minimum Gasteiger partial charge on any atom is -0.320 e. The van der Waals surface area contributed by atoms with Gasteiger partial charge in [0, 0.05) is 10.7 Å². The lowest BCUT2D eigenvalue weighted by molar-refractivity contribution is 0.657. The van der Waals surface area contributed by atoms with Crippen molar-refractivity contribution in [2.45, 2.75) is 18.4 Å². The largest absolute Gasteiger partial charge is 0.320 e. The average molecular weight is 278 g/mol. The Morgan fingerprint density at radius 1 is 1.19 bits per heavy atom. The van der Waals surface area contributed by atoms with Crippen molar-refractivity contribution in [3.05, 3.63) is 46.7 Å². The minimum absolute atomic E-state index is 0.149. The van der Waals surface area contributed by atoms with Crippen molar-refractivity contribution >= 4 is 15.9 Å². The number of rotatable bonds is 2. The molecule has 0 saturated heterocycles. The van der Waals surface area contributed by atoms with Crippen molar-refractivity contribution in [2.24, 2.45) is 5.73 Å². The zero-order valence-electron chi connectivity index (χ0n) is 8.73. The Kier molecular flexibility index (Phi) is 2.16. The lowest BCUT2D eigenvalue weighted by Gasteiger charge is -2.12. The molecule has 0 aliphatic heterocycles. The molecule has 0 atom stereocenters. The van der Waals surface area contributed by atoms with Gasteiger partial charge >= 0.3 is 0 Å². The van der Waals surface area contributed by atoms with E-state index >= 15 is 0 Å². The SMILES string of the molecule is NC1(c2ccnn2-c2ccc(Br)cc2)CC1. The maximum Gasteiger partial charge on any atom is 0.0650 e. The van der Waals surface area contributed by atoms with Crippen molar-refractivity contribution in [1.82, 2.24) is 9.78 Å². The van der Waals surface area contributed by atoms with Crippen LogP contribution in [0, 0.1) is 0 Å². The summed E-state index contributed by atoms with van der Waals surface area (Å²) in [5.74, 6) is 0. The van der Waals surface area contributed by atoms with Gasteiger partial charge in [-0.05, 0) is 43.2 Å². The van der Waals surface area contributed by atoms with Crippen LogP contribution in [0.4, 0.5) is 0 Å². The first-order chi connectivity index (χ1) is 7.69. The van der Waals surface area contributed by atoms with Gasteiger partial charge in [-0.1, -0.05) is 15.9 Å². The van der Waals surface area contributed by atoms with E-state index in [0.717, 1.165) is 28.7 Å². The van der Waals surface area contributed by atoms with Gasteiger partial charge in [0.15, 0.2) is 0 Å². The summed E-state index contributed by atoms with van der Waals surface area (Å²) in [6.45, 7) is 0. The van der Waals surface area contributed by atoms with Crippen molar-refractivity contribution < 1.29 is 0 Å². The highest BCUT2D eigenvalue weighted by Crippen LogP contribution is 2.43. The van der Waals surface area contributed by atoms with Crippen molar-refractivity contribution in [1.29, 1.82) is 0 Å². The molecule has 1 saturated carbocycles. The second-order valence-electron chi connectivity index (χ2n) is 4.26. The van der Waals surface area contributed by atoms with Crippen LogP contribution in [0.25, 0.3) is 5.69 Å². The van der Waals surface area contributed by atoms with Gasteiger partial charge in [-0.25, -0.2) is 4.68 Å². The first-order valence-corrected chi connectivity index (χ1v) is 6.08. The fourth-order valence-corrected chi connectivity index (χ4v) is 2.12. The standard InChI is InChI=1S/C12H12BrN3/c13-9-1-3-10(4-2-9)16-11(5-8-15-16)12(14)6-7-12/h1-5,8H,6-7,14H2. The molecule has 1 aliphatic rings. The van der Waals surface area contributed by atoms with Gasteiger partial charge in [0.25, 0.3) is 0 Å². The van der Waals surface area contributed by atoms with Gasteiger partial charge in [0.2, 0.25) is 0 Å². The molecular formula is C12H12BrN3. The summed E-state index contributed by atoms with van der Waals surface area (Å²) >= 11 is 3.42. The molecule has 16 heavy (non-hydrogen) atoms. The summed E-state index contributed by atoms with van der Waals surface area (Å²) in [5, 5.41) is 4.34. The number of nitrogens with two attached hydrogens (primary N) is 1. The van der Waals surface area contributed by atoms with Crippen molar-refractivity contribution in [3.63, 3.8) is 0 Å². The van der Waals surface area contributed by atoms with E-state index < -0.39 is 0 Å². The van der Waals surface area contributed by atoms with Crippen LogP contribution in [0.15, 0.2) is 41.0 Å². The number of hydrogen-bond acceptors (Lipinski definition) is 2. The van der Waals surface area contributed by atoms with Crippen LogP contribution < -0.4 is 5.73 Å². The Bertz CT molecular complexity index is 511. The molecule has 0 bridgehead atoms. The Morgan fingerprint density at radius 2 is 1.88 bits per heavy atom. The molecule has 0 spiro atoms. The van der Waals surface area contributed by atoms with E-state index in [2.05, 4.69) is 21.0 Å². The molecule has 1 aliphatic carbocycles. The van der Waals surface area contributed by atoms with Crippen LogP contribution in [0.2, 0.25) is 0 Å². The molecule has 0 radical (unpaired) electrons. The molecule has 3 nitrogen and oxygen atoms in total. The predicted molar refractivity (Wildman–Crippen MR) is 66.4 cm³/mol. The van der Waals surface area contributed by atoms with E-state index in [0.29, 0.717) is 0 Å². The van der Waals surface area contributed by atoms with Crippen LogP contribution in [0.5, 0.6) is 0 Å². The van der Waals surface area contributed by atoms with Crippen molar-refractivity contribution in [3.8, 4) is 5.69 Å². The Labute approximate surface area is 102 Å². The molecular weight excluding hydrogens is 266 g/mol. The molecule has 1 fully saturated rings. The smallest absolute Gasteiger partial charge is 0.0650 e. The summed E-state index contributed by atoms with van der Waals surface area (Å²) in [4.78, 5) is 0. The van der Waals surface area contributed by atoms with E-state index in [4.69, 9.17) is 5.73 Å². The molecule has 3 rings (SSSR count). The average Bonchev–Trinajstić information content (AvgIpc) is 2.84. The van der Waals surface area contributed by atoms with Crippen LogP contribution >= 0.6 is 15.9 Å². The lowest BCUT2D eigenvalue weighted by Crippen LogP contribution is -2.22. The van der Waals surface area contributed by atoms with Crippen LogP contribution in [0.3, 0.4) is 0 Å². The van der Waals surface area contributed by atoms with Crippen LogP contribution in [0.1, 0.15) is 18.5 Å². The van der Waals surface area contributed by atoms with Gasteiger partial charge in [0.05, 0.1) is 16.9 Å². The zero-order chi connectivity index (χ0) is 11.2. The zero-order valence-corrected chi connectivity index (χ0v) is 10.3. The second-order valence-corrected chi connectivity index (χ2v) is 5.18. The van der Waals surface area contributed by atoms with Crippen molar-refractivity contribution in [2.75, 3.05) is 0 Å². The fourth-order valence-electron chi connectivity index (χ4n) is 1.86. The van der Waals surface area contributed by atoms with E-state index in [9.17, 15) is 0 Å². The molecule has 2 aromatic rings. The van der Waals surface area contributed by atoms with E-state index in [1.54, 1.807) is 0 Å². The summed E-state index contributed by atoms with van der Waals surface area (Å²) < 4.78 is 3.00. The summed E-state index contributed by atoms with van der Waals surface area (Å²) in [6.07, 6.45) is 3.91.